The molecule has 54 valence electrons. The lowest BCUT2D eigenvalue weighted by molar-refractivity contribution is 1.35. The first kappa shape index (κ1) is 7.18. The predicted molar refractivity (Wildman–Crippen MR) is 43.7 cm³/mol. The van der Waals surface area contributed by atoms with Gasteiger partial charge in [0.1, 0.15) is 0 Å². The number of halogens is 1. The van der Waals surface area contributed by atoms with Gasteiger partial charge in [-0.15, -0.1) is 0 Å². The number of hydrogen-bond donors (Lipinski definition) is 3. The lowest BCUT2D eigenvalue weighted by Crippen LogP contribution is -2.07. The van der Waals surface area contributed by atoms with Crippen molar-refractivity contribution in [2.75, 3.05) is 11.2 Å². The fourth-order valence-electron chi connectivity index (χ4n) is 0.661. The van der Waals surface area contributed by atoms with Crippen molar-refractivity contribution in [2.24, 2.45) is 5.84 Å². The molecule has 0 aliphatic carbocycles. The number of hydrogen-bond acceptors (Lipinski definition) is 3. The predicted octanol–water partition coefficient (Wildman–Crippen LogP) is 1.21. The first-order valence-electron chi connectivity index (χ1n) is 2.76. The Balaban J connectivity index is 3.14. The third kappa shape index (κ3) is 1.15. The minimum Gasteiger partial charge on any atom is -0.397 e. The summed E-state index contributed by atoms with van der Waals surface area (Å²) in [7, 11) is 0. The Bertz CT molecular complexity index is 236. The average Bonchev–Trinajstić information content (AvgIpc) is 1.95. The molecule has 3 nitrogen and oxygen atoms in total. The van der Waals surface area contributed by atoms with Crippen LogP contribution in [-0.2, 0) is 0 Å². The molecule has 10 heavy (non-hydrogen) atoms. The Morgan fingerprint density at radius 3 is 2.60 bits per heavy atom. The number of nitrogens with two attached hydrogens (primary N) is 2. The molecule has 1 aromatic rings. The second-order valence-corrected chi connectivity index (χ2v) is 2.23. The third-order valence-corrected chi connectivity index (χ3v) is 1.61. The van der Waals surface area contributed by atoms with Crippen LogP contribution in [0.2, 0.25) is 5.02 Å². The summed E-state index contributed by atoms with van der Waals surface area (Å²) in [5, 5.41) is 0.463. The summed E-state index contributed by atoms with van der Waals surface area (Å²) in [6.45, 7) is 0. The van der Waals surface area contributed by atoms with E-state index in [1.807, 2.05) is 0 Å². The van der Waals surface area contributed by atoms with Crippen LogP contribution in [0.1, 0.15) is 0 Å². The van der Waals surface area contributed by atoms with Crippen LogP contribution in [0.3, 0.4) is 0 Å². The van der Waals surface area contributed by atoms with E-state index in [4.69, 9.17) is 23.2 Å². The van der Waals surface area contributed by atoms with Gasteiger partial charge >= 0.3 is 0 Å². The second kappa shape index (κ2) is 2.77. The molecule has 0 atom stereocenters. The molecule has 0 spiro atoms. The Hall–Kier alpha value is -0.930. The molecule has 0 aliphatic heterocycles. The lowest BCUT2D eigenvalue weighted by atomic mass is 10.3. The minimum atomic E-state index is 0.463. The standard InChI is InChI=1S/C6H8ClN3/c7-6-4(8)2-1-3-5(6)10-9/h1-3,10H,8-9H2. The van der Waals surface area contributed by atoms with Crippen LogP contribution in [0.4, 0.5) is 11.4 Å². The number of benzene rings is 1. The van der Waals surface area contributed by atoms with Gasteiger partial charge in [0.15, 0.2) is 0 Å². The normalized spacial score (nSPS) is 9.40. The zero-order valence-corrected chi connectivity index (χ0v) is 6.02. The first-order valence-corrected chi connectivity index (χ1v) is 3.14. The molecule has 0 bridgehead atoms. The maximum atomic E-state index is 5.73. The Morgan fingerprint density at radius 1 is 1.40 bits per heavy atom. The third-order valence-electron chi connectivity index (χ3n) is 1.18. The minimum absolute atomic E-state index is 0.463. The largest absolute Gasteiger partial charge is 0.397 e. The number of nitrogens with one attached hydrogen (secondary N) is 1. The molecular weight excluding hydrogens is 150 g/mol. The van der Waals surface area contributed by atoms with Crippen molar-refractivity contribution < 1.29 is 0 Å². The molecule has 0 heterocycles. The van der Waals surface area contributed by atoms with E-state index in [-0.39, 0.29) is 0 Å². The van der Waals surface area contributed by atoms with E-state index >= 15 is 0 Å². The molecule has 0 aliphatic rings. The summed E-state index contributed by atoms with van der Waals surface area (Å²) in [6, 6.07) is 5.23. The van der Waals surface area contributed by atoms with Crippen molar-refractivity contribution in [1.29, 1.82) is 0 Å². The summed E-state index contributed by atoms with van der Waals surface area (Å²) in [4.78, 5) is 0. The molecule has 0 saturated heterocycles. The van der Waals surface area contributed by atoms with Crippen LogP contribution < -0.4 is 17.0 Å². The quantitative estimate of drug-likeness (QED) is 0.326. The highest BCUT2D eigenvalue weighted by molar-refractivity contribution is 6.35. The molecule has 1 aromatic carbocycles. The molecule has 0 saturated carbocycles. The van der Waals surface area contributed by atoms with Crippen LogP contribution in [0.15, 0.2) is 18.2 Å². The average molecular weight is 158 g/mol. The van der Waals surface area contributed by atoms with E-state index in [0.717, 1.165) is 0 Å². The molecule has 0 radical (unpaired) electrons. The zero-order valence-electron chi connectivity index (χ0n) is 5.26. The fourth-order valence-corrected chi connectivity index (χ4v) is 0.842. The van der Waals surface area contributed by atoms with Gasteiger partial charge in [-0.05, 0) is 12.1 Å². The first-order chi connectivity index (χ1) is 4.75. The number of anilines is 2. The highest BCUT2D eigenvalue weighted by Crippen LogP contribution is 2.26. The number of rotatable bonds is 1. The van der Waals surface area contributed by atoms with Gasteiger partial charge in [-0.3, -0.25) is 5.84 Å². The molecule has 1 rings (SSSR count). The molecule has 0 aromatic heterocycles. The Kier molecular flexibility index (Phi) is 1.99. The summed E-state index contributed by atoms with van der Waals surface area (Å²) in [5.41, 5.74) is 9.06. The van der Waals surface area contributed by atoms with Crippen molar-refractivity contribution in [3.05, 3.63) is 23.2 Å². The molecule has 0 unspecified atom stereocenters. The molecule has 0 fully saturated rings. The van der Waals surface area contributed by atoms with Crippen LogP contribution >= 0.6 is 11.6 Å². The molecular formula is C6H8ClN3. The summed E-state index contributed by atoms with van der Waals surface area (Å²) < 4.78 is 0. The van der Waals surface area contributed by atoms with Gasteiger partial charge in [-0.25, -0.2) is 0 Å². The summed E-state index contributed by atoms with van der Waals surface area (Å²) in [6.07, 6.45) is 0. The van der Waals surface area contributed by atoms with E-state index in [0.29, 0.717) is 16.4 Å². The highest BCUT2D eigenvalue weighted by Gasteiger charge is 1.99. The Labute approximate surface area is 63.9 Å². The van der Waals surface area contributed by atoms with Gasteiger partial charge in [0.05, 0.1) is 16.4 Å². The van der Waals surface area contributed by atoms with Crippen molar-refractivity contribution in [1.82, 2.24) is 0 Å². The highest BCUT2D eigenvalue weighted by atomic mass is 35.5. The van der Waals surface area contributed by atoms with E-state index in [9.17, 15) is 0 Å². The number of hydrazine groups is 1. The van der Waals surface area contributed by atoms with Crippen LogP contribution in [0.5, 0.6) is 0 Å². The van der Waals surface area contributed by atoms with Crippen molar-refractivity contribution in [3.8, 4) is 0 Å². The van der Waals surface area contributed by atoms with Gasteiger partial charge in [0, 0.05) is 0 Å². The topological polar surface area (TPSA) is 64.1 Å². The van der Waals surface area contributed by atoms with Gasteiger partial charge in [0.25, 0.3) is 0 Å². The fraction of sp³-hybridized carbons (Fsp3) is 0. The van der Waals surface area contributed by atoms with Gasteiger partial charge in [-0.2, -0.15) is 0 Å². The molecule has 4 heteroatoms. The van der Waals surface area contributed by atoms with Crippen LogP contribution in [-0.4, -0.2) is 0 Å². The van der Waals surface area contributed by atoms with E-state index in [1.54, 1.807) is 18.2 Å². The Morgan fingerprint density at radius 2 is 2.10 bits per heavy atom. The summed E-state index contributed by atoms with van der Waals surface area (Å²) >= 11 is 5.73. The van der Waals surface area contributed by atoms with E-state index in [1.165, 1.54) is 0 Å². The zero-order chi connectivity index (χ0) is 7.56. The van der Waals surface area contributed by atoms with E-state index < -0.39 is 0 Å². The van der Waals surface area contributed by atoms with E-state index in [2.05, 4.69) is 5.43 Å². The monoisotopic (exact) mass is 157 g/mol. The van der Waals surface area contributed by atoms with Crippen molar-refractivity contribution in [3.63, 3.8) is 0 Å². The second-order valence-electron chi connectivity index (χ2n) is 1.85. The van der Waals surface area contributed by atoms with Gasteiger partial charge < -0.3 is 11.2 Å². The van der Waals surface area contributed by atoms with Crippen molar-refractivity contribution in [2.45, 2.75) is 0 Å². The maximum absolute atomic E-state index is 5.73. The van der Waals surface area contributed by atoms with Crippen LogP contribution in [0, 0.1) is 0 Å². The van der Waals surface area contributed by atoms with Crippen LogP contribution in [0.25, 0.3) is 0 Å². The van der Waals surface area contributed by atoms with Gasteiger partial charge in [-0.1, -0.05) is 17.7 Å². The van der Waals surface area contributed by atoms with Crippen molar-refractivity contribution >= 4 is 23.0 Å². The van der Waals surface area contributed by atoms with Gasteiger partial charge in [0.2, 0.25) is 0 Å². The lowest BCUT2D eigenvalue weighted by Gasteiger charge is -2.03. The SMILES string of the molecule is NNc1cccc(N)c1Cl. The molecule has 5 N–H and O–H groups in total. The summed E-state index contributed by atoms with van der Waals surface area (Å²) in [5.74, 6) is 5.13. The maximum Gasteiger partial charge on any atom is 0.0879 e. The molecule has 0 amide bonds. The smallest absolute Gasteiger partial charge is 0.0879 e. The number of nitrogen functional groups attached to an aromatic ring is 2.